The number of aliphatic hydroxyl groups is 2. The third-order valence-corrected chi connectivity index (χ3v) is 3.08. The summed E-state index contributed by atoms with van der Waals surface area (Å²) in [6.45, 7) is 6.22. The minimum atomic E-state index is -0.806. The molecular formula is C14H21N3O2. The van der Waals surface area contributed by atoms with Crippen LogP contribution in [-0.4, -0.2) is 32.5 Å². The number of aliphatic hydroxyl groups excluding tert-OH is 2. The Hall–Kier alpha value is -1.59. The number of para-hydroxylation sites is 1. The van der Waals surface area contributed by atoms with Crippen molar-refractivity contribution in [3.8, 4) is 0 Å². The van der Waals surface area contributed by atoms with Gasteiger partial charge in [0.05, 0.1) is 30.5 Å². The molecule has 1 unspecified atom stereocenters. The van der Waals surface area contributed by atoms with E-state index in [-0.39, 0.29) is 12.0 Å². The Kier molecular flexibility index (Phi) is 3.52. The van der Waals surface area contributed by atoms with Gasteiger partial charge in [0.25, 0.3) is 0 Å². The fourth-order valence-electron chi connectivity index (χ4n) is 2.19. The summed E-state index contributed by atoms with van der Waals surface area (Å²) in [5.41, 5.74) is 8.05. The highest BCUT2D eigenvalue weighted by Crippen LogP contribution is 2.29. The van der Waals surface area contributed by atoms with Crippen LogP contribution in [0.5, 0.6) is 0 Å². The molecule has 1 heterocycles. The standard InChI is InChI=1S/C14H21N3O2/c1-14(2,3)13-16-12-10(15)5-4-6-11(12)17(13)7-9(19)8-18/h4-6,9,18-19H,7-8,15H2,1-3H3. The first kappa shape index (κ1) is 13.8. The van der Waals surface area contributed by atoms with Crippen LogP contribution in [0, 0.1) is 0 Å². The van der Waals surface area contributed by atoms with Gasteiger partial charge in [0.1, 0.15) is 11.3 Å². The van der Waals surface area contributed by atoms with Gasteiger partial charge in [-0.25, -0.2) is 4.98 Å². The van der Waals surface area contributed by atoms with Crippen molar-refractivity contribution in [2.75, 3.05) is 12.3 Å². The molecule has 0 aliphatic heterocycles. The van der Waals surface area contributed by atoms with Gasteiger partial charge in [-0.15, -0.1) is 0 Å². The summed E-state index contributed by atoms with van der Waals surface area (Å²) >= 11 is 0. The molecule has 1 atom stereocenters. The van der Waals surface area contributed by atoms with Gasteiger partial charge < -0.3 is 20.5 Å². The van der Waals surface area contributed by atoms with E-state index in [0.29, 0.717) is 12.2 Å². The van der Waals surface area contributed by atoms with E-state index in [1.54, 1.807) is 0 Å². The van der Waals surface area contributed by atoms with Crippen LogP contribution in [-0.2, 0) is 12.0 Å². The van der Waals surface area contributed by atoms with Crippen molar-refractivity contribution in [1.29, 1.82) is 0 Å². The summed E-state index contributed by atoms with van der Waals surface area (Å²) in [6.07, 6.45) is -0.806. The van der Waals surface area contributed by atoms with E-state index in [9.17, 15) is 5.11 Å². The number of imidazole rings is 1. The largest absolute Gasteiger partial charge is 0.397 e. The molecular weight excluding hydrogens is 242 g/mol. The molecule has 0 radical (unpaired) electrons. The third kappa shape index (κ3) is 2.57. The average Bonchev–Trinajstić information content (AvgIpc) is 2.69. The number of nitrogens with two attached hydrogens (primary N) is 1. The van der Waals surface area contributed by atoms with Crippen molar-refractivity contribution in [3.63, 3.8) is 0 Å². The summed E-state index contributed by atoms with van der Waals surface area (Å²) in [6, 6.07) is 5.61. The lowest BCUT2D eigenvalue weighted by molar-refractivity contribution is 0.0808. The summed E-state index contributed by atoms with van der Waals surface area (Å²) in [4.78, 5) is 4.62. The van der Waals surface area contributed by atoms with Crippen LogP contribution in [0.15, 0.2) is 18.2 Å². The zero-order chi connectivity index (χ0) is 14.2. The molecule has 1 aromatic heterocycles. The van der Waals surface area contributed by atoms with E-state index >= 15 is 0 Å². The number of nitrogens with zero attached hydrogens (tertiary/aromatic N) is 2. The SMILES string of the molecule is CC(C)(C)c1nc2c(N)cccc2n1CC(O)CO. The second-order valence-corrected chi connectivity index (χ2v) is 5.85. The van der Waals surface area contributed by atoms with Gasteiger partial charge in [0.2, 0.25) is 0 Å². The van der Waals surface area contributed by atoms with Crippen molar-refractivity contribution in [1.82, 2.24) is 9.55 Å². The lowest BCUT2D eigenvalue weighted by Gasteiger charge is -2.21. The molecule has 0 fully saturated rings. The number of fused-ring (bicyclic) bond motifs is 1. The van der Waals surface area contributed by atoms with Crippen LogP contribution < -0.4 is 5.73 Å². The Morgan fingerprint density at radius 1 is 1.37 bits per heavy atom. The molecule has 0 saturated carbocycles. The number of nitrogen functional groups attached to an aromatic ring is 1. The molecule has 0 aliphatic carbocycles. The van der Waals surface area contributed by atoms with Gasteiger partial charge in [-0.3, -0.25) is 0 Å². The van der Waals surface area contributed by atoms with Crippen molar-refractivity contribution in [2.24, 2.45) is 0 Å². The van der Waals surface area contributed by atoms with Gasteiger partial charge in [-0.1, -0.05) is 26.8 Å². The zero-order valence-electron chi connectivity index (χ0n) is 11.6. The van der Waals surface area contributed by atoms with Crippen LogP contribution in [0.1, 0.15) is 26.6 Å². The smallest absolute Gasteiger partial charge is 0.115 e. The van der Waals surface area contributed by atoms with Gasteiger partial charge in [0.15, 0.2) is 0 Å². The summed E-state index contributed by atoms with van der Waals surface area (Å²) in [5, 5.41) is 18.8. The molecule has 0 bridgehead atoms. The second-order valence-electron chi connectivity index (χ2n) is 5.85. The molecule has 4 N–H and O–H groups in total. The molecule has 104 valence electrons. The minimum Gasteiger partial charge on any atom is -0.397 e. The number of rotatable bonds is 3. The summed E-state index contributed by atoms with van der Waals surface area (Å²) < 4.78 is 1.94. The van der Waals surface area contributed by atoms with E-state index in [0.717, 1.165) is 16.9 Å². The van der Waals surface area contributed by atoms with Crippen molar-refractivity contribution in [2.45, 2.75) is 38.8 Å². The predicted octanol–water partition coefficient (Wildman–Crippen LogP) is 1.27. The average molecular weight is 263 g/mol. The Bertz CT molecular complexity index is 584. The minimum absolute atomic E-state index is 0.166. The molecule has 0 spiro atoms. The van der Waals surface area contributed by atoms with Gasteiger partial charge in [-0.2, -0.15) is 0 Å². The second kappa shape index (κ2) is 4.83. The monoisotopic (exact) mass is 263 g/mol. The van der Waals surface area contributed by atoms with Gasteiger partial charge in [0, 0.05) is 5.41 Å². The first-order valence-electron chi connectivity index (χ1n) is 6.38. The predicted molar refractivity (Wildman–Crippen MR) is 75.9 cm³/mol. The molecule has 19 heavy (non-hydrogen) atoms. The van der Waals surface area contributed by atoms with Crippen molar-refractivity contribution >= 4 is 16.7 Å². The first-order chi connectivity index (χ1) is 8.84. The maximum Gasteiger partial charge on any atom is 0.115 e. The fraction of sp³-hybridized carbons (Fsp3) is 0.500. The Morgan fingerprint density at radius 2 is 2.05 bits per heavy atom. The Morgan fingerprint density at radius 3 is 2.63 bits per heavy atom. The third-order valence-electron chi connectivity index (χ3n) is 3.08. The number of hydrogen-bond donors (Lipinski definition) is 3. The molecule has 2 rings (SSSR count). The van der Waals surface area contributed by atoms with E-state index in [1.807, 2.05) is 22.8 Å². The molecule has 0 amide bonds. The number of aromatic nitrogens is 2. The van der Waals surface area contributed by atoms with E-state index in [4.69, 9.17) is 10.8 Å². The van der Waals surface area contributed by atoms with E-state index < -0.39 is 6.10 Å². The fourth-order valence-corrected chi connectivity index (χ4v) is 2.19. The quantitative estimate of drug-likeness (QED) is 0.728. The normalized spacial score (nSPS) is 13.9. The van der Waals surface area contributed by atoms with E-state index in [2.05, 4.69) is 25.8 Å². The van der Waals surface area contributed by atoms with Crippen molar-refractivity contribution in [3.05, 3.63) is 24.0 Å². The lowest BCUT2D eigenvalue weighted by Crippen LogP contribution is -2.25. The molecule has 0 aliphatic rings. The first-order valence-corrected chi connectivity index (χ1v) is 6.38. The molecule has 1 aromatic carbocycles. The van der Waals surface area contributed by atoms with Crippen LogP contribution >= 0.6 is 0 Å². The highest BCUT2D eigenvalue weighted by Gasteiger charge is 2.24. The maximum atomic E-state index is 9.72. The summed E-state index contributed by atoms with van der Waals surface area (Å²) in [7, 11) is 0. The number of benzene rings is 1. The molecule has 5 heteroatoms. The lowest BCUT2D eigenvalue weighted by atomic mass is 9.95. The van der Waals surface area contributed by atoms with E-state index in [1.165, 1.54) is 0 Å². The number of hydrogen-bond acceptors (Lipinski definition) is 4. The highest BCUT2D eigenvalue weighted by molar-refractivity contribution is 5.87. The number of anilines is 1. The topological polar surface area (TPSA) is 84.3 Å². The van der Waals surface area contributed by atoms with Crippen LogP contribution in [0.4, 0.5) is 5.69 Å². The van der Waals surface area contributed by atoms with Crippen LogP contribution in [0.3, 0.4) is 0 Å². The Labute approximate surface area is 112 Å². The van der Waals surface area contributed by atoms with Crippen LogP contribution in [0.2, 0.25) is 0 Å². The maximum absolute atomic E-state index is 9.72. The molecule has 2 aromatic rings. The highest BCUT2D eigenvalue weighted by atomic mass is 16.3. The Balaban J connectivity index is 2.66. The van der Waals surface area contributed by atoms with Gasteiger partial charge >= 0.3 is 0 Å². The van der Waals surface area contributed by atoms with Crippen LogP contribution in [0.25, 0.3) is 11.0 Å². The summed E-state index contributed by atoms with van der Waals surface area (Å²) in [5.74, 6) is 0.855. The molecule has 0 saturated heterocycles. The van der Waals surface area contributed by atoms with Crippen molar-refractivity contribution < 1.29 is 10.2 Å². The zero-order valence-corrected chi connectivity index (χ0v) is 11.6. The molecule has 5 nitrogen and oxygen atoms in total. The van der Waals surface area contributed by atoms with Gasteiger partial charge in [-0.05, 0) is 12.1 Å².